The number of aromatic nitrogens is 2. The highest BCUT2D eigenvalue weighted by Crippen LogP contribution is 2.19. The van der Waals surface area contributed by atoms with Crippen LogP contribution in [0.15, 0.2) is 109 Å². The van der Waals surface area contributed by atoms with Crippen LogP contribution in [0, 0.1) is 29.6 Å². The van der Waals surface area contributed by atoms with Gasteiger partial charge in [0.25, 0.3) is 0 Å². The molecule has 0 atom stereocenters. The van der Waals surface area contributed by atoms with E-state index >= 15 is 0 Å². The number of ether oxygens (including phenoxy) is 1. The number of benzene rings is 4. The van der Waals surface area contributed by atoms with Crippen molar-refractivity contribution in [1.29, 1.82) is 10.5 Å². The minimum absolute atomic E-state index is 0. The van der Waals surface area contributed by atoms with Gasteiger partial charge < -0.3 is 4.74 Å². The molecule has 0 bridgehead atoms. The summed E-state index contributed by atoms with van der Waals surface area (Å²) in [5.41, 5.74) is 5.95. The minimum atomic E-state index is 0. The summed E-state index contributed by atoms with van der Waals surface area (Å²) in [4.78, 5) is 8.91. The summed E-state index contributed by atoms with van der Waals surface area (Å²) in [7, 11) is 1.58. The quantitative estimate of drug-likeness (QED) is 0.197. The lowest BCUT2D eigenvalue weighted by Crippen LogP contribution is -1.83. The highest BCUT2D eigenvalue weighted by molar-refractivity contribution is 6.31. The van der Waals surface area contributed by atoms with E-state index in [1.165, 1.54) is 0 Å². The van der Waals surface area contributed by atoms with Gasteiger partial charge in [-0.15, -0.1) is 0 Å². The maximum Gasteiger partial charge on any atom is 0.120 e. The number of fused-ring (bicyclic) bond motifs is 2. The molecular formula is C37H30Cl2N4O. The van der Waals surface area contributed by atoms with Gasteiger partial charge in [-0.3, -0.25) is 4.98 Å². The highest BCUT2D eigenvalue weighted by Gasteiger charge is 1.98. The molecule has 0 unspecified atom stereocenters. The van der Waals surface area contributed by atoms with Crippen LogP contribution in [0.4, 0.5) is 0 Å². The summed E-state index contributed by atoms with van der Waals surface area (Å²) in [6.07, 6.45) is 3.87. The largest absolute Gasteiger partial charge is 0.497 e. The smallest absolute Gasteiger partial charge is 0.120 e. The molecule has 0 radical (unpaired) electrons. The first-order valence-corrected chi connectivity index (χ1v) is 13.9. The Morgan fingerprint density at radius 3 is 1.86 bits per heavy atom. The molecule has 0 aliphatic rings. The fraction of sp³-hybridized carbons (Fsp3) is 0.0811. The van der Waals surface area contributed by atoms with Crippen molar-refractivity contribution in [3.63, 3.8) is 0 Å². The van der Waals surface area contributed by atoms with Crippen LogP contribution >= 0.6 is 23.2 Å². The van der Waals surface area contributed by atoms with Crippen molar-refractivity contribution in [2.75, 3.05) is 7.11 Å². The van der Waals surface area contributed by atoms with Gasteiger partial charge in [0.15, 0.2) is 0 Å². The Balaban J connectivity index is 0.000000196. The number of hydrogen-bond donors (Lipinski definition) is 0. The highest BCUT2D eigenvalue weighted by atomic mass is 35.5. The van der Waals surface area contributed by atoms with Gasteiger partial charge in [0, 0.05) is 26.5 Å². The van der Waals surface area contributed by atoms with Crippen LogP contribution in [-0.2, 0) is 0 Å². The molecule has 6 rings (SSSR count). The lowest BCUT2D eigenvalue weighted by atomic mass is 10.1. The zero-order valence-corrected chi connectivity index (χ0v) is 25.0. The fourth-order valence-electron chi connectivity index (χ4n) is 3.98. The Morgan fingerprint density at radius 2 is 1.23 bits per heavy atom. The van der Waals surface area contributed by atoms with Gasteiger partial charge in [-0.25, -0.2) is 4.98 Å². The zero-order valence-electron chi connectivity index (χ0n) is 23.5. The fourth-order valence-corrected chi connectivity index (χ4v) is 4.31. The average Bonchev–Trinajstić information content (AvgIpc) is 3.04. The summed E-state index contributed by atoms with van der Waals surface area (Å²) in [5.74, 6) is 0.721. The predicted octanol–water partition coefficient (Wildman–Crippen LogP) is 10.3. The summed E-state index contributed by atoms with van der Waals surface area (Å²) in [6.45, 7) is 1.97. The molecule has 6 aromatic rings. The van der Waals surface area contributed by atoms with Crippen molar-refractivity contribution in [2.24, 2.45) is 0 Å². The van der Waals surface area contributed by atoms with E-state index in [1.54, 1.807) is 37.4 Å². The number of pyridine rings is 2. The second kappa shape index (κ2) is 16.4. The molecule has 0 fully saturated rings. The number of halogens is 2. The van der Waals surface area contributed by atoms with Gasteiger partial charge in [-0.1, -0.05) is 79.2 Å². The summed E-state index contributed by atoms with van der Waals surface area (Å²) < 4.78 is 4.91. The number of hydrogen-bond acceptors (Lipinski definition) is 5. The number of aryl methyl sites for hydroxylation is 1. The molecule has 44 heavy (non-hydrogen) atoms. The zero-order chi connectivity index (χ0) is 30.6. The number of rotatable bonds is 3. The average molecular weight is 618 g/mol. The maximum absolute atomic E-state index is 8.89. The second-order valence-electron chi connectivity index (χ2n) is 9.28. The summed E-state index contributed by atoms with van der Waals surface area (Å²) in [5, 5.41) is 20.9. The molecule has 2 heterocycles. The molecule has 0 aliphatic carbocycles. The Morgan fingerprint density at radius 1 is 0.659 bits per heavy atom. The molecule has 0 saturated heterocycles. The van der Waals surface area contributed by atoms with E-state index < -0.39 is 0 Å². The molecule has 4 aromatic carbocycles. The van der Waals surface area contributed by atoms with Gasteiger partial charge in [0.2, 0.25) is 0 Å². The molecule has 2 aromatic heterocycles. The van der Waals surface area contributed by atoms with Gasteiger partial charge >= 0.3 is 0 Å². The Kier molecular flexibility index (Phi) is 12.4. The van der Waals surface area contributed by atoms with Crippen LogP contribution in [0.25, 0.3) is 34.0 Å². The van der Waals surface area contributed by atoms with E-state index in [2.05, 4.69) is 16.0 Å². The Labute approximate surface area is 268 Å². The molecular weight excluding hydrogens is 587 g/mol. The van der Waals surface area contributed by atoms with Crippen molar-refractivity contribution < 1.29 is 4.74 Å². The normalized spacial score (nSPS) is 9.95. The van der Waals surface area contributed by atoms with Crippen molar-refractivity contribution in [1.82, 2.24) is 9.97 Å². The minimum Gasteiger partial charge on any atom is -0.497 e. The lowest BCUT2D eigenvalue weighted by molar-refractivity contribution is 0.414. The van der Waals surface area contributed by atoms with Crippen LogP contribution in [0.1, 0.15) is 35.5 Å². The molecule has 0 aliphatic heterocycles. The van der Waals surface area contributed by atoms with Crippen molar-refractivity contribution in [2.45, 2.75) is 14.4 Å². The molecule has 0 amide bonds. The van der Waals surface area contributed by atoms with Crippen molar-refractivity contribution >= 4 is 57.2 Å². The third kappa shape index (κ3) is 9.68. The molecule has 0 spiro atoms. The monoisotopic (exact) mass is 616 g/mol. The number of nitrogens with zero attached hydrogens (tertiary/aromatic N) is 4. The molecule has 5 nitrogen and oxygen atoms in total. The van der Waals surface area contributed by atoms with E-state index in [1.807, 2.05) is 104 Å². The van der Waals surface area contributed by atoms with Gasteiger partial charge in [-0.2, -0.15) is 10.5 Å². The SMILES string of the molecule is C.COc1cccc(C#N)c1.Cc1ccc2ccc(Cl)cc2n1.N#Cc1cccc(/C=C/c2ccc3ccc(Cl)cc3n2)c1. The van der Waals surface area contributed by atoms with Gasteiger partial charge in [-0.05, 0) is 85.3 Å². The van der Waals surface area contributed by atoms with E-state index in [0.29, 0.717) is 16.1 Å². The number of methoxy groups -OCH3 is 1. The standard InChI is InChI=1S/C18H11ClN2.C10H8ClN.C8H7NO.CH4/c19-16-7-5-15-6-9-17(21-18(15)11-16)8-4-13-2-1-3-14(10-13)12-20;1-7-2-3-8-4-5-9(11)6-10(8)12-7;1-10-8-4-2-3-7(5-8)6-9;/h1-11H;2-6H,1H3;2-5H,1H3;1H4/b8-4+;;;. The van der Waals surface area contributed by atoms with Crippen molar-refractivity contribution in [3.8, 4) is 17.9 Å². The summed E-state index contributed by atoms with van der Waals surface area (Å²) in [6, 6.07) is 38.0. The molecule has 218 valence electrons. The molecule has 0 N–H and O–H groups in total. The first kappa shape index (κ1) is 33.3. The number of nitriles is 2. The molecule has 7 heteroatoms. The van der Waals surface area contributed by atoms with Crippen LogP contribution in [0.3, 0.4) is 0 Å². The van der Waals surface area contributed by atoms with E-state index in [4.69, 9.17) is 38.5 Å². The second-order valence-corrected chi connectivity index (χ2v) is 10.2. The van der Waals surface area contributed by atoms with Crippen molar-refractivity contribution in [3.05, 3.63) is 147 Å². The third-order valence-electron chi connectivity index (χ3n) is 6.13. The first-order valence-electron chi connectivity index (χ1n) is 13.2. The molecule has 0 saturated carbocycles. The van der Waals surface area contributed by atoms with Crippen LogP contribution in [0.5, 0.6) is 5.75 Å². The van der Waals surface area contributed by atoms with Gasteiger partial charge in [0.1, 0.15) is 5.75 Å². The third-order valence-corrected chi connectivity index (χ3v) is 6.60. The lowest BCUT2D eigenvalue weighted by Gasteiger charge is -2.00. The maximum atomic E-state index is 8.89. The van der Waals surface area contributed by atoms with E-state index in [-0.39, 0.29) is 7.43 Å². The van der Waals surface area contributed by atoms with Crippen LogP contribution in [0.2, 0.25) is 10.0 Å². The van der Waals surface area contributed by atoms with Crippen LogP contribution in [-0.4, -0.2) is 17.1 Å². The topological polar surface area (TPSA) is 82.6 Å². The van der Waals surface area contributed by atoms with Crippen LogP contribution < -0.4 is 4.74 Å². The van der Waals surface area contributed by atoms with E-state index in [9.17, 15) is 0 Å². The predicted molar refractivity (Wildman–Crippen MR) is 183 cm³/mol. The Hall–Kier alpha value is -5.20. The van der Waals surface area contributed by atoms with Gasteiger partial charge in [0.05, 0.1) is 47.1 Å². The summed E-state index contributed by atoms with van der Waals surface area (Å²) >= 11 is 11.8. The Bertz CT molecular complexity index is 1950. The first-order chi connectivity index (χ1) is 20.9. The van der Waals surface area contributed by atoms with E-state index in [0.717, 1.165) is 49.5 Å².